The zero-order valence-electron chi connectivity index (χ0n) is 17.3. The third kappa shape index (κ3) is 4.56. The molecule has 0 saturated carbocycles. The highest BCUT2D eigenvalue weighted by Gasteiger charge is 2.27. The van der Waals surface area contributed by atoms with Crippen molar-refractivity contribution in [3.05, 3.63) is 91.7 Å². The summed E-state index contributed by atoms with van der Waals surface area (Å²) in [6.07, 6.45) is 0.910. The number of nitrogens with one attached hydrogen (secondary N) is 1. The molecule has 4 rings (SSSR count). The van der Waals surface area contributed by atoms with E-state index >= 15 is 0 Å². The maximum Gasteiger partial charge on any atom is 0.335 e. The summed E-state index contributed by atoms with van der Waals surface area (Å²) in [5, 5.41) is 12.0. The van der Waals surface area contributed by atoms with E-state index in [1.54, 1.807) is 12.1 Å². The molecule has 0 aliphatic carbocycles. The van der Waals surface area contributed by atoms with Crippen LogP contribution in [0.15, 0.2) is 42.5 Å². The molecule has 2 heterocycles. The van der Waals surface area contributed by atoms with Crippen LogP contribution < -0.4 is 5.32 Å². The number of benzene rings is 2. The van der Waals surface area contributed by atoms with E-state index in [1.807, 2.05) is 6.92 Å². The van der Waals surface area contributed by atoms with Gasteiger partial charge in [-0.2, -0.15) is 0 Å². The first-order valence-corrected chi connectivity index (χ1v) is 10.9. The molecule has 0 fully saturated rings. The van der Waals surface area contributed by atoms with Crippen molar-refractivity contribution >= 4 is 23.2 Å². The van der Waals surface area contributed by atoms with Gasteiger partial charge >= 0.3 is 5.97 Å². The van der Waals surface area contributed by atoms with Crippen LogP contribution in [0.1, 0.15) is 60.1 Å². The second kappa shape index (κ2) is 9.18. The molecule has 2 N–H and O–H groups in total. The largest absolute Gasteiger partial charge is 0.478 e. The second-order valence-electron chi connectivity index (χ2n) is 7.65. The normalized spacial score (nSPS) is 14.0. The van der Waals surface area contributed by atoms with Gasteiger partial charge < -0.3 is 15.2 Å². The van der Waals surface area contributed by atoms with Gasteiger partial charge in [-0.1, -0.05) is 18.2 Å². The fraction of sp³-hybridized carbons (Fsp3) is 0.250. The highest BCUT2D eigenvalue weighted by molar-refractivity contribution is 7.12. The highest BCUT2D eigenvalue weighted by atomic mass is 32.1. The standard InChI is InChI=1S/C24H21F2NO4S/c1-13(15-3-5-16(6-4-15)24(29)30)27-23(28)22-17-8-9-31-12-21(17)32-20(22)11-14-2-7-18(25)19(26)10-14/h2-7,10,13H,8-9,11-12H2,1H3,(H,27,28)(H,29,30)/t13-/m0/s1. The summed E-state index contributed by atoms with van der Waals surface area (Å²) in [6, 6.07) is 9.75. The number of hydrogen-bond acceptors (Lipinski definition) is 4. The number of carboxylic acids is 1. The van der Waals surface area contributed by atoms with Gasteiger partial charge in [0.2, 0.25) is 0 Å². The first-order valence-electron chi connectivity index (χ1n) is 10.1. The van der Waals surface area contributed by atoms with Crippen molar-refractivity contribution in [2.75, 3.05) is 6.61 Å². The van der Waals surface area contributed by atoms with E-state index in [4.69, 9.17) is 9.84 Å². The maximum absolute atomic E-state index is 13.7. The summed E-state index contributed by atoms with van der Waals surface area (Å²) in [6.45, 7) is 2.76. The van der Waals surface area contributed by atoms with E-state index in [1.165, 1.54) is 29.5 Å². The number of aromatic carboxylic acids is 1. The summed E-state index contributed by atoms with van der Waals surface area (Å²) >= 11 is 1.46. The SMILES string of the molecule is C[C@H](NC(=O)c1c(Cc2ccc(F)c(F)c2)sc2c1CCOC2)c1ccc(C(=O)O)cc1. The Hall–Kier alpha value is -3.10. The van der Waals surface area contributed by atoms with Crippen molar-refractivity contribution in [1.82, 2.24) is 5.32 Å². The summed E-state index contributed by atoms with van der Waals surface area (Å²) < 4.78 is 32.5. The Morgan fingerprint density at radius 2 is 1.91 bits per heavy atom. The summed E-state index contributed by atoms with van der Waals surface area (Å²) in [5.41, 5.74) is 3.03. The minimum absolute atomic E-state index is 0.174. The van der Waals surface area contributed by atoms with Crippen molar-refractivity contribution in [2.45, 2.75) is 32.4 Å². The van der Waals surface area contributed by atoms with Crippen molar-refractivity contribution < 1.29 is 28.2 Å². The van der Waals surface area contributed by atoms with Crippen molar-refractivity contribution in [3.63, 3.8) is 0 Å². The quantitative estimate of drug-likeness (QED) is 0.553. The number of ether oxygens (including phenoxy) is 1. The van der Waals surface area contributed by atoms with Crippen LogP contribution in [0.2, 0.25) is 0 Å². The van der Waals surface area contributed by atoms with Crippen LogP contribution in [0.3, 0.4) is 0 Å². The van der Waals surface area contributed by atoms with Crippen LogP contribution in [0.4, 0.5) is 8.78 Å². The molecule has 3 aromatic rings. The van der Waals surface area contributed by atoms with Gasteiger partial charge in [-0.15, -0.1) is 11.3 Å². The Bertz CT molecular complexity index is 1170. The molecule has 8 heteroatoms. The zero-order valence-corrected chi connectivity index (χ0v) is 18.1. The predicted molar refractivity (Wildman–Crippen MR) is 116 cm³/mol. The lowest BCUT2D eigenvalue weighted by molar-refractivity contribution is 0.0696. The van der Waals surface area contributed by atoms with Crippen LogP contribution in [-0.4, -0.2) is 23.6 Å². The van der Waals surface area contributed by atoms with Gasteiger partial charge in [0.1, 0.15) is 0 Å². The molecule has 5 nitrogen and oxygen atoms in total. The van der Waals surface area contributed by atoms with Crippen molar-refractivity contribution in [3.8, 4) is 0 Å². The third-order valence-electron chi connectivity index (χ3n) is 5.47. The van der Waals surface area contributed by atoms with E-state index in [0.717, 1.165) is 33.0 Å². The van der Waals surface area contributed by atoms with Crippen LogP contribution in [0.5, 0.6) is 0 Å². The molecule has 1 amide bonds. The Morgan fingerprint density at radius 1 is 1.16 bits per heavy atom. The Kier molecular flexibility index (Phi) is 6.34. The summed E-state index contributed by atoms with van der Waals surface area (Å²) in [5.74, 6) is -3.09. The number of carboxylic acid groups (broad SMARTS) is 1. The zero-order chi connectivity index (χ0) is 22.8. The molecule has 1 aliphatic heterocycles. The summed E-state index contributed by atoms with van der Waals surface area (Å²) in [4.78, 5) is 26.1. The van der Waals surface area contributed by atoms with E-state index in [2.05, 4.69) is 5.32 Å². The van der Waals surface area contributed by atoms with E-state index < -0.39 is 17.6 Å². The van der Waals surface area contributed by atoms with Gasteiger partial charge in [-0.3, -0.25) is 4.79 Å². The van der Waals surface area contributed by atoms with Gasteiger partial charge in [0, 0.05) is 16.2 Å². The lowest BCUT2D eigenvalue weighted by Gasteiger charge is -2.17. The Labute approximate surface area is 187 Å². The number of halogens is 2. The molecule has 1 aromatic heterocycles. The molecule has 0 spiro atoms. The van der Waals surface area contributed by atoms with Crippen LogP contribution in [0.25, 0.3) is 0 Å². The average Bonchev–Trinajstić information content (AvgIpc) is 3.14. The lowest BCUT2D eigenvalue weighted by atomic mass is 9.99. The van der Waals surface area contributed by atoms with Gasteiger partial charge in [-0.25, -0.2) is 13.6 Å². The van der Waals surface area contributed by atoms with E-state index in [-0.39, 0.29) is 17.5 Å². The average molecular weight is 457 g/mol. The lowest BCUT2D eigenvalue weighted by Crippen LogP contribution is -2.28. The molecular weight excluding hydrogens is 436 g/mol. The number of fused-ring (bicyclic) bond motifs is 1. The van der Waals surface area contributed by atoms with Gasteiger partial charge in [-0.05, 0) is 54.3 Å². The molecule has 166 valence electrons. The third-order valence-corrected chi connectivity index (χ3v) is 6.68. The molecule has 1 aliphatic rings. The predicted octanol–water partition coefficient (Wildman–Crippen LogP) is 4.88. The highest BCUT2D eigenvalue weighted by Crippen LogP contribution is 2.34. The minimum Gasteiger partial charge on any atom is -0.478 e. The monoisotopic (exact) mass is 457 g/mol. The molecule has 1 atom stereocenters. The van der Waals surface area contributed by atoms with Crippen molar-refractivity contribution in [1.29, 1.82) is 0 Å². The maximum atomic E-state index is 13.7. The fourth-order valence-electron chi connectivity index (χ4n) is 3.78. The Morgan fingerprint density at radius 3 is 2.59 bits per heavy atom. The number of amides is 1. The number of thiophene rings is 1. The van der Waals surface area contributed by atoms with Gasteiger partial charge in [0.25, 0.3) is 5.91 Å². The summed E-state index contributed by atoms with van der Waals surface area (Å²) in [7, 11) is 0. The number of carbonyl (C=O) groups is 2. The minimum atomic E-state index is -1.01. The van der Waals surface area contributed by atoms with Crippen molar-refractivity contribution in [2.24, 2.45) is 0 Å². The molecule has 0 bridgehead atoms. The number of hydrogen-bond donors (Lipinski definition) is 2. The first-order chi connectivity index (χ1) is 15.3. The van der Waals surface area contributed by atoms with Gasteiger partial charge in [0.15, 0.2) is 11.6 Å². The van der Waals surface area contributed by atoms with E-state index in [9.17, 15) is 18.4 Å². The molecule has 2 aromatic carbocycles. The van der Waals surface area contributed by atoms with Crippen LogP contribution in [-0.2, 0) is 24.2 Å². The second-order valence-corrected chi connectivity index (χ2v) is 8.84. The molecule has 0 unspecified atom stereocenters. The van der Waals surface area contributed by atoms with Gasteiger partial charge in [0.05, 0.1) is 30.4 Å². The topological polar surface area (TPSA) is 75.6 Å². The molecule has 0 saturated heterocycles. The first kappa shape index (κ1) is 22.1. The fourth-order valence-corrected chi connectivity index (χ4v) is 5.10. The van der Waals surface area contributed by atoms with Crippen LogP contribution >= 0.6 is 11.3 Å². The molecule has 32 heavy (non-hydrogen) atoms. The smallest absolute Gasteiger partial charge is 0.335 e. The van der Waals surface area contributed by atoms with E-state index in [0.29, 0.717) is 37.2 Å². The van der Waals surface area contributed by atoms with Crippen LogP contribution in [0, 0.1) is 11.6 Å². The molecular formula is C24H21F2NO4S. The number of carbonyl (C=O) groups excluding carboxylic acids is 1. The number of rotatable bonds is 6. The Balaban J connectivity index is 1.60. The molecule has 0 radical (unpaired) electrons.